The molecule has 0 spiro atoms. The molecular formula is C22H28O2S. The quantitative estimate of drug-likeness (QED) is 0.659. The first kappa shape index (κ1) is 19.5. The maximum absolute atomic E-state index is 11.6. The van der Waals surface area contributed by atoms with E-state index in [1.807, 2.05) is 30.3 Å². The Labute approximate surface area is 152 Å². The molecule has 2 atom stereocenters. The fourth-order valence-electron chi connectivity index (χ4n) is 2.96. The average Bonchev–Trinajstić information content (AvgIpc) is 2.58. The summed E-state index contributed by atoms with van der Waals surface area (Å²) in [5.41, 5.74) is 4.33. The van der Waals surface area contributed by atoms with Crippen molar-refractivity contribution in [3.8, 4) is 11.1 Å². The van der Waals surface area contributed by atoms with Crippen LogP contribution in [0, 0.1) is 11.8 Å². The second kappa shape index (κ2) is 8.01. The number of benzene rings is 2. The molecule has 0 aliphatic rings. The normalized spacial score (nSPS) is 14.8. The molecule has 2 aromatic rings. The Hall–Kier alpha value is -1.87. The number of hydrogen-bond donors (Lipinski definition) is 0. The third-order valence-corrected chi connectivity index (χ3v) is 5.65. The minimum Gasteiger partial charge on any atom is -0.225 e. The van der Waals surface area contributed by atoms with Crippen molar-refractivity contribution < 1.29 is 8.42 Å². The molecular weight excluding hydrogens is 328 g/mol. The van der Waals surface area contributed by atoms with Crippen LogP contribution >= 0.6 is 0 Å². The monoisotopic (exact) mass is 356 g/mol. The Bertz CT molecular complexity index is 834. The van der Waals surface area contributed by atoms with Crippen molar-refractivity contribution in [2.24, 2.45) is 11.8 Å². The van der Waals surface area contributed by atoms with Gasteiger partial charge in [0.2, 0.25) is 0 Å². The first-order chi connectivity index (χ1) is 11.7. The predicted molar refractivity (Wildman–Crippen MR) is 108 cm³/mol. The Kier molecular flexibility index (Phi) is 6.23. The zero-order valence-corrected chi connectivity index (χ0v) is 16.5. The molecule has 2 rings (SSSR count). The molecule has 25 heavy (non-hydrogen) atoms. The summed E-state index contributed by atoms with van der Waals surface area (Å²) >= 11 is 0. The fourth-order valence-corrected chi connectivity index (χ4v) is 3.35. The van der Waals surface area contributed by atoms with E-state index in [2.05, 4.69) is 45.9 Å². The summed E-state index contributed by atoms with van der Waals surface area (Å²) in [4.78, 5) is 0. The van der Waals surface area contributed by atoms with E-state index in [1.54, 1.807) is 6.08 Å². The maximum Gasteiger partial charge on any atom is 0.168 e. The van der Waals surface area contributed by atoms with Gasteiger partial charge in [-0.25, -0.2) is 8.42 Å². The molecule has 0 radical (unpaired) electrons. The van der Waals surface area contributed by atoms with Crippen molar-refractivity contribution >= 4 is 15.9 Å². The van der Waals surface area contributed by atoms with Gasteiger partial charge in [-0.2, -0.15) is 0 Å². The van der Waals surface area contributed by atoms with Crippen molar-refractivity contribution in [3.05, 3.63) is 65.1 Å². The number of hydrogen-bond acceptors (Lipinski definition) is 2. The predicted octanol–water partition coefficient (Wildman–Crippen LogP) is 5.76. The third-order valence-electron chi connectivity index (χ3n) is 5.02. The van der Waals surface area contributed by atoms with Gasteiger partial charge in [0.15, 0.2) is 9.84 Å². The van der Waals surface area contributed by atoms with Crippen LogP contribution in [0.2, 0.25) is 0 Å². The van der Waals surface area contributed by atoms with Crippen LogP contribution in [0.1, 0.15) is 44.7 Å². The molecule has 0 saturated heterocycles. The van der Waals surface area contributed by atoms with Crippen LogP contribution in [0.4, 0.5) is 0 Å². The highest BCUT2D eigenvalue weighted by molar-refractivity contribution is 7.93. The Morgan fingerprint density at radius 3 is 2.12 bits per heavy atom. The summed E-state index contributed by atoms with van der Waals surface area (Å²) in [6.45, 7) is 8.99. The molecule has 3 heteroatoms. The highest BCUT2D eigenvalue weighted by atomic mass is 32.2. The molecule has 2 aromatic carbocycles. The lowest BCUT2D eigenvalue weighted by Crippen LogP contribution is -2.12. The molecule has 0 amide bonds. The average molecular weight is 357 g/mol. The van der Waals surface area contributed by atoms with Crippen molar-refractivity contribution in [1.82, 2.24) is 0 Å². The van der Waals surface area contributed by atoms with E-state index in [-0.39, 0.29) is 0 Å². The van der Waals surface area contributed by atoms with Crippen LogP contribution in [0.15, 0.2) is 53.9 Å². The first-order valence-corrected chi connectivity index (χ1v) is 10.7. The van der Waals surface area contributed by atoms with E-state index in [0.29, 0.717) is 17.8 Å². The number of rotatable bonds is 6. The van der Waals surface area contributed by atoms with Gasteiger partial charge in [-0.15, -0.1) is 0 Å². The van der Waals surface area contributed by atoms with E-state index >= 15 is 0 Å². The van der Waals surface area contributed by atoms with E-state index < -0.39 is 9.84 Å². The van der Waals surface area contributed by atoms with Gasteiger partial charge in [-0.05, 0) is 46.1 Å². The maximum atomic E-state index is 11.6. The van der Waals surface area contributed by atoms with Gasteiger partial charge in [0.05, 0.1) is 0 Å². The molecule has 2 nitrogen and oxygen atoms in total. The smallest absolute Gasteiger partial charge is 0.168 e. The second-order valence-corrected chi connectivity index (χ2v) is 9.17. The van der Waals surface area contributed by atoms with E-state index in [0.717, 1.165) is 16.7 Å². The molecule has 0 saturated carbocycles. The van der Waals surface area contributed by atoms with E-state index in [1.165, 1.54) is 17.2 Å². The molecule has 0 fully saturated rings. The zero-order valence-electron chi connectivity index (χ0n) is 15.7. The van der Waals surface area contributed by atoms with Crippen LogP contribution < -0.4 is 0 Å². The summed E-state index contributed by atoms with van der Waals surface area (Å²) in [6, 6.07) is 16.5. The van der Waals surface area contributed by atoms with Crippen LogP contribution in [0.3, 0.4) is 0 Å². The molecule has 0 unspecified atom stereocenters. The van der Waals surface area contributed by atoms with Crippen molar-refractivity contribution in [2.45, 2.75) is 33.6 Å². The van der Waals surface area contributed by atoms with Crippen molar-refractivity contribution in [3.63, 3.8) is 0 Å². The van der Waals surface area contributed by atoms with Crippen LogP contribution in [-0.2, 0) is 9.84 Å². The molecule has 0 N–H and O–H groups in total. The van der Waals surface area contributed by atoms with E-state index in [4.69, 9.17) is 0 Å². The molecule has 0 heterocycles. The summed E-state index contributed by atoms with van der Waals surface area (Å²) in [5.74, 6) is 1.56. The highest BCUT2D eigenvalue weighted by Gasteiger charge is 2.18. The number of sulfone groups is 1. The van der Waals surface area contributed by atoms with Gasteiger partial charge in [0.1, 0.15) is 0 Å². The third kappa shape index (κ3) is 5.30. The molecule has 134 valence electrons. The standard InChI is InChI=1S/C22H28O2S/c1-16(2)17(3)18(4)20-11-12-22(19-9-7-6-8-10-19)21(15-20)13-14-25(5,23)24/h6-18H,1-5H3/b14-13+/t17-,18+/m0/s1. The van der Waals surface area contributed by atoms with Crippen molar-refractivity contribution in [2.75, 3.05) is 6.26 Å². The molecule has 0 aromatic heterocycles. The SMILES string of the molecule is CC(C)[C@H](C)[C@@H](C)c1ccc(-c2ccccc2)c(/C=C/S(C)(=O)=O)c1. The molecule has 0 aliphatic carbocycles. The van der Waals surface area contributed by atoms with Crippen LogP contribution in [-0.4, -0.2) is 14.7 Å². The first-order valence-electron chi connectivity index (χ1n) is 8.76. The largest absolute Gasteiger partial charge is 0.225 e. The van der Waals surface area contributed by atoms with Gasteiger partial charge in [0, 0.05) is 11.7 Å². The van der Waals surface area contributed by atoms with Gasteiger partial charge >= 0.3 is 0 Å². The highest BCUT2D eigenvalue weighted by Crippen LogP contribution is 2.33. The zero-order chi connectivity index (χ0) is 18.6. The lowest BCUT2D eigenvalue weighted by molar-refractivity contribution is 0.362. The second-order valence-electron chi connectivity index (χ2n) is 7.24. The Morgan fingerprint density at radius 2 is 1.56 bits per heavy atom. The summed E-state index contributed by atoms with van der Waals surface area (Å²) in [7, 11) is -3.16. The van der Waals surface area contributed by atoms with E-state index in [9.17, 15) is 8.42 Å². The fraction of sp³-hybridized carbons (Fsp3) is 0.364. The lowest BCUT2D eigenvalue weighted by Gasteiger charge is -2.24. The summed E-state index contributed by atoms with van der Waals surface area (Å²) < 4.78 is 23.2. The van der Waals surface area contributed by atoms with Crippen LogP contribution in [0.25, 0.3) is 17.2 Å². The minimum absolute atomic E-state index is 0.412. The van der Waals surface area contributed by atoms with Crippen molar-refractivity contribution in [1.29, 1.82) is 0 Å². The van der Waals surface area contributed by atoms with Gasteiger partial charge < -0.3 is 0 Å². The molecule has 0 aliphatic heterocycles. The summed E-state index contributed by atoms with van der Waals surface area (Å²) in [5, 5.41) is 1.29. The van der Waals surface area contributed by atoms with Gasteiger partial charge in [-0.1, -0.05) is 76.2 Å². The summed E-state index contributed by atoms with van der Waals surface area (Å²) in [6.07, 6.45) is 2.94. The minimum atomic E-state index is -3.16. The lowest BCUT2D eigenvalue weighted by atomic mass is 9.81. The van der Waals surface area contributed by atoms with Gasteiger partial charge in [0.25, 0.3) is 0 Å². The van der Waals surface area contributed by atoms with Gasteiger partial charge in [-0.3, -0.25) is 0 Å². The Morgan fingerprint density at radius 1 is 0.920 bits per heavy atom. The Balaban J connectivity index is 2.53. The topological polar surface area (TPSA) is 34.1 Å². The van der Waals surface area contributed by atoms with Crippen LogP contribution in [0.5, 0.6) is 0 Å². The molecule has 0 bridgehead atoms.